The second-order valence-electron chi connectivity index (χ2n) is 6.63. The molecule has 0 aromatic heterocycles. The number of carbonyl (C=O) groups excluding carboxylic acids is 1. The second kappa shape index (κ2) is 7.25. The summed E-state index contributed by atoms with van der Waals surface area (Å²) in [6.07, 6.45) is 5.24. The smallest absolute Gasteiger partial charge is 0.239 e. The molecule has 1 aromatic carbocycles. The minimum Gasteiger partial charge on any atom is -0.341 e. The van der Waals surface area contributed by atoms with E-state index in [1.54, 1.807) is 0 Å². The highest BCUT2D eigenvalue weighted by Crippen LogP contribution is 2.22. The molecule has 2 N–H and O–H groups in total. The lowest BCUT2D eigenvalue weighted by molar-refractivity contribution is -0.139. The third-order valence-corrected chi connectivity index (χ3v) is 4.98. The van der Waals surface area contributed by atoms with Crippen LogP contribution in [-0.2, 0) is 11.3 Å². The van der Waals surface area contributed by atoms with Gasteiger partial charge < -0.3 is 10.6 Å². The monoisotopic (exact) mass is 301 g/mol. The van der Waals surface area contributed by atoms with Crippen LogP contribution in [0, 0.1) is 0 Å². The van der Waals surface area contributed by atoms with Crippen molar-refractivity contribution in [2.24, 2.45) is 5.73 Å². The van der Waals surface area contributed by atoms with Crippen LogP contribution in [0.25, 0.3) is 0 Å². The van der Waals surface area contributed by atoms with Gasteiger partial charge in [0.2, 0.25) is 5.91 Å². The molecular weight excluding hydrogens is 274 g/mol. The van der Waals surface area contributed by atoms with E-state index in [4.69, 9.17) is 5.73 Å². The van der Waals surface area contributed by atoms with Crippen LogP contribution in [0.2, 0.25) is 0 Å². The Kier molecular flexibility index (Phi) is 5.11. The first-order valence-corrected chi connectivity index (χ1v) is 8.56. The summed E-state index contributed by atoms with van der Waals surface area (Å²) in [6.45, 7) is 3.56. The zero-order valence-corrected chi connectivity index (χ0v) is 13.3. The third kappa shape index (κ3) is 3.68. The summed E-state index contributed by atoms with van der Waals surface area (Å²) in [7, 11) is 0. The molecule has 1 atom stereocenters. The Hall–Kier alpha value is -1.39. The Bertz CT molecular complexity index is 482. The molecule has 3 rings (SSSR count). The molecule has 22 heavy (non-hydrogen) atoms. The van der Waals surface area contributed by atoms with Gasteiger partial charge in [-0.25, -0.2) is 0 Å². The number of carbonyl (C=O) groups is 1. The predicted octanol–water partition coefficient (Wildman–Crippen LogP) is 1.99. The van der Waals surface area contributed by atoms with E-state index in [1.165, 1.54) is 12.0 Å². The lowest BCUT2D eigenvalue weighted by Gasteiger charge is -2.39. The van der Waals surface area contributed by atoms with E-state index in [2.05, 4.69) is 29.2 Å². The van der Waals surface area contributed by atoms with E-state index >= 15 is 0 Å². The molecule has 4 heteroatoms. The maximum atomic E-state index is 12.9. The van der Waals surface area contributed by atoms with Crippen molar-refractivity contribution in [3.8, 4) is 0 Å². The molecule has 0 aliphatic carbocycles. The fraction of sp³-hybridized carbons (Fsp3) is 0.611. The summed E-state index contributed by atoms with van der Waals surface area (Å²) < 4.78 is 0. The van der Waals surface area contributed by atoms with Crippen molar-refractivity contribution >= 4 is 5.91 Å². The first-order chi connectivity index (χ1) is 10.7. The molecule has 2 saturated heterocycles. The Labute approximate surface area is 133 Å². The van der Waals surface area contributed by atoms with Gasteiger partial charge in [-0.15, -0.1) is 0 Å². The van der Waals surface area contributed by atoms with Crippen LogP contribution >= 0.6 is 0 Å². The van der Waals surface area contributed by atoms with Crippen molar-refractivity contribution in [3.63, 3.8) is 0 Å². The first-order valence-electron chi connectivity index (χ1n) is 8.56. The summed E-state index contributed by atoms with van der Waals surface area (Å²) in [5, 5.41) is 0. The van der Waals surface area contributed by atoms with Gasteiger partial charge in [0, 0.05) is 25.7 Å². The van der Waals surface area contributed by atoms with Gasteiger partial charge in [0.15, 0.2) is 0 Å². The lowest BCUT2D eigenvalue weighted by Crippen LogP contribution is -2.53. The SMILES string of the molecule is NC1CCN(C(=O)C2CCCCN2Cc2ccccc2)CC1. The van der Waals surface area contributed by atoms with Gasteiger partial charge in [-0.1, -0.05) is 36.8 Å². The molecule has 120 valence electrons. The van der Waals surface area contributed by atoms with E-state index in [-0.39, 0.29) is 12.1 Å². The number of piperidine rings is 2. The average Bonchev–Trinajstić information content (AvgIpc) is 2.56. The second-order valence-corrected chi connectivity index (χ2v) is 6.63. The largest absolute Gasteiger partial charge is 0.341 e. The quantitative estimate of drug-likeness (QED) is 0.929. The van der Waals surface area contributed by atoms with Crippen LogP contribution < -0.4 is 5.73 Å². The molecule has 4 nitrogen and oxygen atoms in total. The highest BCUT2D eigenvalue weighted by molar-refractivity contribution is 5.82. The fourth-order valence-electron chi connectivity index (χ4n) is 3.61. The number of rotatable bonds is 3. The van der Waals surface area contributed by atoms with Crippen molar-refractivity contribution in [1.29, 1.82) is 0 Å². The van der Waals surface area contributed by atoms with Gasteiger partial charge in [-0.05, 0) is 37.8 Å². The van der Waals surface area contributed by atoms with Crippen molar-refractivity contribution in [1.82, 2.24) is 9.80 Å². The van der Waals surface area contributed by atoms with Gasteiger partial charge in [0.25, 0.3) is 0 Å². The van der Waals surface area contributed by atoms with Crippen LogP contribution in [0.1, 0.15) is 37.7 Å². The molecule has 2 fully saturated rings. The Morgan fingerprint density at radius 1 is 1.05 bits per heavy atom. The summed E-state index contributed by atoms with van der Waals surface area (Å²) in [5.74, 6) is 0.322. The molecule has 0 saturated carbocycles. The highest BCUT2D eigenvalue weighted by atomic mass is 16.2. The molecule has 2 aliphatic heterocycles. The van der Waals surface area contributed by atoms with E-state index in [9.17, 15) is 4.79 Å². The molecule has 1 unspecified atom stereocenters. The number of benzene rings is 1. The van der Waals surface area contributed by atoms with Crippen LogP contribution in [0.15, 0.2) is 30.3 Å². The molecule has 2 aliphatic rings. The van der Waals surface area contributed by atoms with Crippen LogP contribution in [0.4, 0.5) is 0 Å². The number of nitrogens with two attached hydrogens (primary N) is 1. The van der Waals surface area contributed by atoms with E-state index in [0.29, 0.717) is 5.91 Å². The maximum absolute atomic E-state index is 12.9. The lowest BCUT2D eigenvalue weighted by atomic mass is 9.98. The van der Waals surface area contributed by atoms with Gasteiger partial charge in [-0.2, -0.15) is 0 Å². The summed E-state index contributed by atoms with van der Waals surface area (Å²) in [5.41, 5.74) is 7.25. The van der Waals surface area contributed by atoms with Crippen molar-refractivity contribution in [2.75, 3.05) is 19.6 Å². The molecular formula is C18H27N3O. The van der Waals surface area contributed by atoms with E-state index in [0.717, 1.165) is 51.9 Å². The summed E-state index contributed by atoms with van der Waals surface area (Å²) >= 11 is 0. The van der Waals surface area contributed by atoms with Crippen LogP contribution in [-0.4, -0.2) is 47.4 Å². The first kappa shape index (κ1) is 15.5. The number of nitrogens with zero attached hydrogens (tertiary/aromatic N) is 2. The zero-order valence-electron chi connectivity index (χ0n) is 13.3. The van der Waals surface area contributed by atoms with Crippen LogP contribution in [0.3, 0.4) is 0 Å². The van der Waals surface area contributed by atoms with E-state index < -0.39 is 0 Å². The van der Waals surface area contributed by atoms with Gasteiger partial charge in [-0.3, -0.25) is 9.69 Å². The standard InChI is InChI=1S/C18H27N3O/c19-16-9-12-20(13-10-16)18(22)17-8-4-5-11-21(17)14-15-6-2-1-3-7-15/h1-3,6-7,16-17H,4-5,8-14,19H2. The fourth-order valence-corrected chi connectivity index (χ4v) is 3.61. The molecule has 0 bridgehead atoms. The molecule has 0 spiro atoms. The minimum absolute atomic E-state index is 0.0586. The Morgan fingerprint density at radius 3 is 2.50 bits per heavy atom. The maximum Gasteiger partial charge on any atom is 0.239 e. The van der Waals surface area contributed by atoms with Gasteiger partial charge >= 0.3 is 0 Å². The van der Waals surface area contributed by atoms with Crippen molar-refractivity contribution < 1.29 is 4.79 Å². The molecule has 1 aromatic rings. The van der Waals surface area contributed by atoms with Crippen LogP contribution in [0.5, 0.6) is 0 Å². The molecule has 2 heterocycles. The number of amides is 1. The van der Waals surface area contributed by atoms with Crippen molar-refractivity contribution in [3.05, 3.63) is 35.9 Å². The molecule has 1 amide bonds. The Balaban J connectivity index is 1.65. The normalized spacial score (nSPS) is 24.4. The molecule has 0 radical (unpaired) electrons. The Morgan fingerprint density at radius 2 is 1.77 bits per heavy atom. The number of likely N-dealkylation sites (tertiary alicyclic amines) is 2. The van der Waals surface area contributed by atoms with Gasteiger partial charge in [0.05, 0.1) is 6.04 Å². The highest BCUT2D eigenvalue weighted by Gasteiger charge is 2.33. The predicted molar refractivity (Wildman–Crippen MR) is 88.3 cm³/mol. The zero-order chi connectivity index (χ0) is 15.4. The number of hydrogen-bond donors (Lipinski definition) is 1. The minimum atomic E-state index is 0.0586. The number of hydrogen-bond acceptors (Lipinski definition) is 3. The topological polar surface area (TPSA) is 49.6 Å². The summed E-state index contributed by atoms with van der Waals surface area (Å²) in [4.78, 5) is 17.3. The van der Waals surface area contributed by atoms with E-state index in [1.807, 2.05) is 11.0 Å². The summed E-state index contributed by atoms with van der Waals surface area (Å²) in [6, 6.07) is 10.8. The van der Waals surface area contributed by atoms with Crippen molar-refractivity contribution in [2.45, 2.75) is 50.7 Å². The average molecular weight is 301 g/mol. The third-order valence-electron chi connectivity index (χ3n) is 4.98. The van der Waals surface area contributed by atoms with Gasteiger partial charge in [0.1, 0.15) is 0 Å².